The number of hydrogen-bond acceptors (Lipinski definition) is 7. The van der Waals surface area contributed by atoms with Crippen molar-refractivity contribution in [3.63, 3.8) is 0 Å². The number of nitrogens with zero attached hydrogens (tertiary/aromatic N) is 4. The molecule has 10 heteroatoms. The van der Waals surface area contributed by atoms with Gasteiger partial charge in [-0.3, -0.25) is 19.4 Å². The Kier molecular flexibility index (Phi) is 8.51. The van der Waals surface area contributed by atoms with Crippen LogP contribution in [0.3, 0.4) is 0 Å². The Hall–Kier alpha value is -2.95. The average Bonchev–Trinajstić information content (AvgIpc) is 2.91. The lowest BCUT2D eigenvalue weighted by molar-refractivity contribution is -0.131. The standard InChI is InChI=1S/C27H36N4O5S/c1-28-14-12-22(13-15-28)29-16-18-30(19-17-29)26(32)20-31(24-6-4-5-7-25(24)37(3,34)35)27(33)21-8-10-23(36-2)11-9-21/h4-11,22H,12-20H2,1-3H3. The fraction of sp³-hybridized carbons (Fsp3) is 0.481. The first-order chi connectivity index (χ1) is 17.7. The van der Waals surface area contributed by atoms with Gasteiger partial charge in [0.25, 0.3) is 5.91 Å². The molecule has 37 heavy (non-hydrogen) atoms. The minimum Gasteiger partial charge on any atom is -0.497 e. The van der Waals surface area contributed by atoms with Gasteiger partial charge >= 0.3 is 0 Å². The predicted molar refractivity (Wildman–Crippen MR) is 143 cm³/mol. The molecule has 0 unspecified atom stereocenters. The number of ether oxygens (including phenoxy) is 1. The van der Waals surface area contributed by atoms with Crippen molar-refractivity contribution in [2.75, 3.05) is 71.1 Å². The average molecular weight is 529 g/mol. The fourth-order valence-corrected chi connectivity index (χ4v) is 5.97. The number of benzene rings is 2. The first kappa shape index (κ1) is 27.1. The van der Waals surface area contributed by atoms with Crippen LogP contribution in [0.2, 0.25) is 0 Å². The summed E-state index contributed by atoms with van der Waals surface area (Å²) < 4.78 is 30.3. The van der Waals surface area contributed by atoms with Crippen LogP contribution in [0.5, 0.6) is 5.75 Å². The van der Waals surface area contributed by atoms with E-state index < -0.39 is 15.7 Å². The molecule has 2 aromatic rings. The Morgan fingerprint density at radius 2 is 1.57 bits per heavy atom. The number of hydrogen-bond donors (Lipinski definition) is 0. The number of methoxy groups -OCH3 is 1. The van der Waals surface area contributed by atoms with Gasteiger partial charge in [-0.2, -0.15) is 0 Å². The van der Waals surface area contributed by atoms with Crippen LogP contribution in [0.1, 0.15) is 23.2 Å². The third-order valence-electron chi connectivity index (χ3n) is 7.30. The van der Waals surface area contributed by atoms with Gasteiger partial charge in [0.15, 0.2) is 9.84 Å². The number of sulfone groups is 1. The molecule has 2 aliphatic heterocycles. The number of para-hydroxylation sites is 1. The molecule has 2 aromatic carbocycles. The van der Waals surface area contributed by atoms with E-state index in [1.165, 1.54) is 18.1 Å². The summed E-state index contributed by atoms with van der Waals surface area (Å²) in [6.45, 7) is 4.70. The second kappa shape index (κ2) is 11.6. The van der Waals surface area contributed by atoms with Crippen LogP contribution in [0.4, 0.5) is 5.69 Å². The topological polar surface area (TPSA) is 90.5 Å². The van der Waals surface area contributed by atoms with Crippen LogP contribution < -0.4 is 9.64 Å². The summed E-state index contributed by atoms with van der Waals surface area (Å²) in [6.07, 6.45) is 3.37. The van der Waals surface area contributed by atoms with Crippen molar-refractivity contribution >= 4 is 27.3 Å². The molecule has 2 fully saturated rings. The molecule has 2 aliphatic rings. The molecule has 0 N–H and O–H groups in total. The third-order valence-corrected chi connectivity index (χ3v) is 8.45. The van der Waals surface area contributed by atoms with Gasteiger partial charge in [0.05, 0.1) is 17.7 Å². The van der Waals surface area contributed by atoms with Crippen molar-refractivity contribution in [1.82, 2.24) is 14.7 Å². The third kappa shape index (κ3) is 6.49. The van der Waals surface area contributed by atoms with Crippen molar-refractivity contribution < 1.29 is 22.7 Å². The highest BCUT2D eigenvalue weighted by atomic mass is 32.2. The number of amides is 2. The molecular weight excluding hydrogens is 492 g/mol. The molecule has 200 valence electrons. The first-order valence-electron chi connectivity index (χ1n) is 12.6. The van der Waals surface area contributed by atoms with Crippen molar-refractivity contribution in [3.8, 4) is 5.75 Å². The summed E-state index contributed by atoms with van der Waals surface area (Å²) in [6, 6.07) is 13.4. The molecule has 0 atom stereocenters. The van der Waals surface area contributed by atoms with Gasteiger partial charge < -0.3 is 14.5 Å². The molecule has 0 radical (unpaired) electrons. The Bertz CT molecular complexity index is 1200. The lowest BCUT2D eigenvalue weighted by Gasteiger charge is -2.42. The van der Waals surface area contributed by atoms with E-state index in [0.717, 1.165) is 45.3 Å². The molecule has 0 spiro atoms. The summed E-state index contributed by atoms with van der Waals surface area (Å²) in [5.41, 5.74) is 0.535. The van der Waals surface area contributed by atoms with E-state index in [4.69, 9.17) is 4.74 Å². The summed E-state index contributed by atoms with van der Waals surface area (Å²) in [7, 11) is 0.0468. The Balaban J connectivity index is 1.53. The lowest BCUT2D eigenvalue weighted by atomic mass is 10.0. The van der Waals surface area contributed by atoms with E-state index in [2.05, 4.69) is 16.8 Å². The van der Waals surface area contributed by atoms with E-state index in [1.54, 1.807) is 47.4 Å². The quantitative estimate of drug-likeness (QED) is 0.543. The maximum absolute atomic E-state index is 13.6. The fourth-order valence-electron chi connectivity index (χ4n) is 5.08. The van der Waals surface area contributed by atoms with E-state index in [0.29, 0.717) is 30.4 Å². The molecular formula is C27H36N4O5S. The Morgan fingerprint density at radius 3 is 2.16 bits per heavy atom. The van der Waals surface area contributed by atoms with Crippen molar-refractivity contribution in [3.05, 3.63) is 54.1 Å². The highest BCUT2D eigenvalue weighted by molar-refractivity contribution is 7.90. The van der Waals surface area contributed by atoms with Gasteiger partial charge in [0.1, 0.15) is 12.3 Å². The van der Waals surface area contributed by atoms with Gasteiger partial charge in [-0.05, 0) is 69.4 Å². The molecule has 2 saturated heterocycles. The minimum atomic E-state index is -3.64. The van der Waals surface area contributed by atoms with Crippen molar-refractivity contribution in [1.29, 1.82) is 0 Å². The molecule has 0 aromatic heterocycles. The second-order valence-electron chi connectivity index (χ2n) is 9.81. The number of rotatable bonds is 7. The molecule has 2 heterocycles. The van der Waals surface area contributed by atoms with E-state index in [9.17, 15) is 18.0 Å². The summed E-state index contributed by atoms with van der Waals surface area (Å²) in [5.74, 6) is -0.0524. The summed E-state index contributed by atoms with van der Waals surface area (Å²) in [4.78, 5) is 35.0. The normalized spacial score (nSPS) is 18.0. The zero-order valence-corrected chi connectivity index (χ0v) is 22.6. The van der Waals surface area contributed by atoms with Gasteiger partial charge in [-0.1, -0.05) is 12.1 Å². The van der Waals surface area contributed by atoms with Gasteiger partial charge in [-0.25, -0.2) is 8.42 Å². The first-order valence-corrected chi connectivity index (χ1v) is 14.5. The van der Waals surface area contributed by atoms with E-state index in [1.807, 2.05) is 0 Å². The van der Waals surface area contributed by atoms with Crippen LogP contribution in [0.25, 0.3) is 0 Å². The van der Waals surface area contributed by atoms with Gasteiger partial charge in [-0.15, -0.1) is 0 Å². The summed E-state index contributed by atoms with van der Waals surface area (Å²) in [5, 5.41) is 0. The van der Waals surface area contributed by atoms with E-state index in [-0.39, 0.29) is 23.0 Å². The van der Waals surface area contributed by atoms with Crippen LogP contribution in [0.15, 0.2) is 53.4 Å². The zero-order valence-electron chi connectivity index (χ0n) is 21.8. The molecule has 9 nitrogen and oxygen atoms in total. The van der Waals surface area contributed by atoms with Gasteiger partial charge in [0.2, 0.25) is 5.91 Å². The lowest BCUT2D eigenvalue weighted by Crippen LogP contribution is -2.55. The van der Waals surface area contributed by atoms with Crippen LogP contribution in [0, 0.1) is 0 Å². The minimum absolute atomic E-state index is 0.0109. The van der Waals surface area contributed by atoms with Gasteiger partial charge in [0, 0.05) is 44.0 Å². The zero-order chi connectivity index (χ0) is 26.6. The maximum atomic E-state index is 13.6. The maximum Gasteiger partial charge on any atom is 0.258 e. The Labute approximate surface area is 219 Å². The van der Waals surface area contributed by atoms with Crippen LogP contribution in [-0.2, 0) is 14.6 Å². The van der Waals surface area contributed by atoms with E-state index >= 15 is 0 Å². The molecule has 0 bridgehead atoms. The van der Waals surface area contributed by atoms with Crippen molar-refractivity contribution in [2.24, 2.45) is 0 Å². The number of likely N-dealkylation sites (tertiary alicyclic amines) is 1. The van der Waals surface area contributed by atoms with Crippen molar-refractivity contribution in [2.45, 2.75) is 23.8 Å². The Morgan fingerprint density at radius 1 is 0.946 bits per heavy atom. The molecule has 4 rings (SSSR count). The number of piperazine rings is 1. The second-order valence-corrected chi connectivity index (χ2v) is 11.8. The SMILES string of the molecule is COc1ccc(C(=O)N(CC(=O)N2CCN(C3CCN(C)CC3)CC2)c2ccccc2S(C)(=O)=O)cc1. The number of anilines is 1. The molecule has 0 saturated carbocycles. The number of carbonyl (C=O) groups is 2. The monoisotopic (exact) mass is 528 g/mol. The number of piperidine rings is 1. The smallest absolute Gasteiger partial charge is 0.258 e. The largest absolute Gasteiger partial charge is 0.497 e. The number of carbonyl (C=O) groups excluding carboxylic acids is 2. The molecule has 2 amide bonds. The highest BCUT2D eigenvalue weighted by Crippen LogP contribution is 2.27. The predicted octanol–water partition coefficient (Wildman–Crippen LogP) is 1.98. The van der Waals surface area contributed by atoms with Crippen LogP contribution >= 0.6 is 0 Å². The van der Waals surface area contributed by atoms with Crippen LogP contribution in [-0.4, -0.2) is 107 Å². The summed E-state index contributed by atoms with van der Waals surface area (Å²) >= 11 is 0. The molecule has 0 aliphatic carbocycles. The highest BCUT2D eigenvalue weighted by Gasteiger charge is 2.31.